The average Bonchev–Trinajstić information content (AvgIpc) is 1.83. The second-order valence-corrected chi connectivity index (χ2v) is 4.16. The van der Waals surface area contributed by atoms with Gasteiger partial charge in [0.1, 0.15) is 0 Å². The highest BCUT2D eigenvalue weighted by Gasteiger charge is 2.43. The van der Waals surface area contributed by atoms with Gasteiger partial charge in [0.15, 0.2) is 0 Å². The van der Waals surface area contributed by atoms with Gasteiger partial charge in [0, 0.05) is 12.8 Å². The molecule has 0 aliphatic rings. The van der Waals surface area contributed by atoms with Crippen molar-refractivity contribution in [3.05, 3.63) is 0 Å². The van der Waals surface area contributed by atoms with E-state index in [-0.39, 0.29) is 11.8 Å². The summed E-state index contributed by atoms with van der Waals surface area (Å²) in [7, 11) is 0. The molecule has 0 saturated heterocycles. The van der Waals surface area contributed by atoms with Crippen LogP contribution in [-0.4, -0.2) is 17.4 Å². The molecule has 0 aliphatic carbocycles. The fourth-order valence-corrected chi connectivity index (χ4v) is 0.562. The van der Waals surface area contributed by atoms with Gasteiger partial charge in [-0.05, 0) is 13.8 Å². The van der Waals surface area contributed by atoms with Crippen LogP contribution in [0.4, 0.5) is 8.78 Å². The maximum Gasteiger partial charge on any atom is 0.267 e. The number of hydrogen-bond acceptors (Lipinski definition) is 1. The fraction of sp³-hybridized carbons (Fsp3) is 0.889. The molecule has 0 fully saturated rings. The summed E-state index contributed by atoms with van der Waals surface area (Å²) in [5, 5.41) is 2.31. The molecule has 1 N–H and O–H groups in total. The third kappa shape index (κ3) is 3.28. The van der Waals surface area contributed by atoms with Crippen LogP contribution in [0, 0.1) is 5.92 Å². The van der Waals surface area contributed by atoms with Crippen molar-refractivity contribution < 1.29 is 13.6 Å². The largest absolute Gasteiger partial charge is 0.345 e. The number of rotatable bonds is 3. The molecule has 2 nitrogen and oxygen atoms in total. The van der Waals surface area contributed by atoms with E-state index in [1.165, 1.54) is 13.8 Å². The summed E-state index contributed by atoms with van der Waals surface area (Å²) in [5.74, 6) is -3.55. The van der Waals surface area contributed by atoms with Crippen LogP contribution in [0.5, 0.6) is 0 Å². The lowest BCUT2D eigenvalue weighted by molar-refractivity contribution is -0.132. The monoisotopic (exact) mass is 193 g/mol. The standard InChI is InChI=1S/C9H17F2NO/c1-6(2)7(13)12-8(3,4)9(5,10)11/h6H,1-5H3,(H,12,13). The molecule has 0 saturated carbocycles. The molecular weight excluding hydrogens is 176 g/mol. The lowest BCUT2D eigenvalue weighted by Crippen LogP contribution is -2.55. The SMILES string of the molecule is CC(C)C(=O)NC(C)(C)C(C)(F)F. The van der Waals surface area contributed by atoms with E-state index in [0.29, 0.717) is 0 Å². The summed E-state index contributed by atoms with van der Waals surface area (Å²) < 4.78 is 25.8. The van der Waals surface area contributed by atoms with E-state index in [0.717, 1.165) is 6.92 Å². The zero-order chi connectivity index (χ0) is 10.9. The van der Waals surface area contributed by atoms with Crippen molar-refractivity contribution in [2.24, 2.45) is 5.92 Å². The molecule has 0 aromatic rings. The second kappa shape index (κ2) is 3.60. The lowest BCUT2D eigenvalue weighted by atomic mass is 9.96. The van der Waals surface area contributed by atoms with E-state index in [9.17, 15) is 13.6 Å². The Kier molecular flexibility index (Phi) is 3.41. The van der Waals surface area contributed by atoms with Crippen LogP contribution in [0.25, 0.3) is 0 Å². The van der Waals surface area contributed by atoms with Crippen LogP contribution in [0.3, 0.4) is 0 Å². The highest BCUT2D eigenvalue weighted by atomic mass is 19.3. The first kappa shape index (κ1) is 12.3. The highest BCUT2D eigenvalue weighted by molar-refractivity contribution is 5.78. The minimum atomic E-state index is -2.92. The highest BCUT2D eigenvalue weighted by Crippen LogP contribution is 2.27. The Bertz CT molecular complexity index is 194. The van der Waals surface area contributed by atoms with Gasteiger partial charge in [-0.25, -0.2) is 8.78 Å². The van der Waals surface area contributed by atoms with Crippen molar-refractivity contribution >= 4 is 5.91 Å². The van der Waals surface area contributed by atoms with Gasteiger partial charge in [-0.3, -0.25) is 4.79 Å². The van der Waals surface area contributed by atoms with Crippen LogP contribution < -0.4 is 5.32 Å². The summed E-state index contributed by atoms with van der Waals surface area (Å²) in [4.78, 5) is 11.2. The maximum absolute atomic E-state index is 12.9. The van der Waals surface area contributed by atoms with Gasteiger partial charge < -0.3 is 5.32 Å². The van der Waals surface area contributed by atoms with E-state index in [4.69, 9.17) is 0 Å². The van der Waals surface area contributed by atoms with Gasteiger partial charge in [-0.1, -0.05) is 13.8 Å². The third-order valence-electron chi connectivity index (χ3n) is 2.06. The molecule has 0 bridgehead atoms. The molecule has 0 rings (SSSR count). The topological polar surface area (TPSA) is 29.1 Å². The molecule has 13 heavy (non-hydrogen) atoms. The van der Waals surface area contributed by atoms with E-state index >= 15 is 0 Å². The molecule has 78 valence electrons. The summed E-state index contributed by atoms with van der Waals surface area (Å²) in [5.41, 5.74) is -1.49. The second-order valence-electron chi connectivity index (χ2n) is 4.16. The number of carbonyl (C=O) groups excluding carboxylic acids is 1. The van der Waals surface area contributed by atoms with Crippen molar-refractivity contribution in [2.45, 2.75) is 46.1 Å². The van der Waals surface area contributed by atoms with Crippen LogP contribution in [0.1, 0.15) is 34.6 Å². The van der Waals surface area contributed by atoms with Gasteiger partial charge >= 0.3 is 0 Å². The molecule has 0 unspecified atom stereocenters. The number of alkyl halides is 2. The lowest BCUT2D eigenvalue weighted by Gasteiger charge is -2.32. The normalized spacial score (nSPS) is 13.2. The summed E-state index contributed by atoms with van der Waals surface area (Å²) in [6, 6.07) is 0. The fourth-order valence-electron chi connectivity index (χ4n) is 0.562. The van der Waals surface area contributed by atoms with Gasteiger partial charge in [0.25, 0.3) is 5.92 Å². The Morgan fingerprint density at radius 3 is 1.85 bits per heavy atom. The first-order valence-electron chi connectivity index (χ1n) is 4.28. The van der Waals surface area contributed by atoms with Crippen molar-refractivity contribution in [1.82, 2.24) is 5.32 Å². The molecule has 4 heteroatoms. The minimum Gasteiger partial charge on any atom is -0.345 e. The smallest absolute Gasteiger partial charge is 0.267 e. The molecule has 0 atom stereocenters. The van der Waals surface area contributed by atoms with Crippen molar-refractivity contribution in [1.29, 1.82) is 0 Å². The van der Waals surface area contributed by atoms with Crippen molar-refractivity contribution in [3.8, 4) is 0 Å². The molecule has 0 heterocycles. The van der Waals surface area contributed by atoms with Crippen LogP contribution in [0.15, 0.2) is 0 Å². The summed E-state index contributed by atoms with van der Waals surface area (Å²) >= 11 is 0. The predicted molar refractivity (Wildman–Crippen MR) is 47.7 cm³/mol. The Morgan fingerprint density at radius 2 is 1.62 bits per heavy atom. The Balaban J connectivity index is 4.44. The number of carbonyl (C=O) groups is 1. The van der Waals surface area contributed by atoms with Crippen LogP contribution in [-0.2, 0) is 4.79 Å². The quantitative estimate of drug-likeness (QED) is 0.731. The summed E-state index contributed by atoms with van der Waals surface area (Å²) in [6.45, 7) is 6.76. The van der Waals surface area contributed by atoms with Crippen LogP contribution >= 0.6 is 0 Å². The number of amides is 1. The average molecular weight is 193 g/mol. The van der Waals surface area contributed by atoms with E-state index in [2.05, 4.69) is 5.32 Å². The van der Waals surface area contributed by atoms with Gasteiger partial charge in [-0.2, -0.15) is 0 Å². The van der Waals surface area contributed by atoms with Crippen molar-refractivity contribution in [3.63, 3.8) is 0 Å². The molecule has 0 radical (unpaired) electrons. The Morgan fingerprint density at radius 1 is 1.23 bits per heavy atom. The van der Waals surface area contributed by atoms with E-state index < -0.39 is 11.5 Å². The Hall–Kier alpha value is -0.670. The Labute approximate surface area is 77.7 Å². The minimum absolute atomic E-state index is 0.276. The van der Waals surface area contributed by atoms with E-state index in [1.54, 1.807) is 13.8 Å². The number of halogens is 2. The summed E-state index contributed by atoms with van der Waals surface area (Å²) in [6.07, 6.45) is 0. The van der Waals surface area contributed by atoms with Gasteiger partial charge in [0.2, 0.25) is 5.91 Å². The number of hydrogen-bond donors (Lipinski definition) is 1. The molecule has 0 spiro atoms. The zero-order valence-electron chi connectivity index (χ0n) is 8.74. The third-order valence-corrected chi connectivity index (χ3v) is 2.06. The maximum atomic E-state index is 12.9. The molecule has 0 aliphatic heterocycles. The first-order chi connectivity index (χ1) is 5.58. The predicted octanol–water partition coefficient (Wildman–Crippen LogP) is 2.19. The molecule has 0 aromatic carbocycles. The molecule has 0 aromatic heterocycles. The first-order valence-corrected chi connectivity index (χ1v) is 4.28. The molecule has 1 amide bonds. The number of nitrogens with one attached hydrogen (secondary N) is 1. The van der Waals surface area contributed by atoms with Crippen molar-refractivity contribution in [2.75, 3.05) is 0 Å². The van der Waals surface area contributed by atoms with E-state index in [1.807, 2.05) is 0 Å². The van der Waals surface area contributed by atoms with Gasteiger partial charge in [-0.15, -0.1) is 0 Å². The molecular formula is C9H17F2NO. The van der Waals surface area contributed by atoms with Crippen LogP contribution in [0.2, 0.25) is 0 Å². The van der Waals surface area contributed by atoms with Gasteiger partial charge in [0.05, 0.1) is 5.54 Å². The zero-order valence-corrected chi connectivity index (χ0v) is 8.74.